The number of hydrogen-bond donors (Lipinski definition) is 0. The van der Waals surface area contributed by atoms with Gasteiger partial charge in [-0.15, -0.1) is 0 Å². The Morgan fingerprint density at radius 1 is 0.439 bits per heavy atom. The molecule has 0 saturated carbocycles. The maximum Gasteiger partial charge on any atom is 0.0789 e. The van der Waals surface area contributed by atoms with Gasteiger partial charge in [-0.25, -0.2) is 4.98 Å². The summed E-state index contributed by atoms with van der Waals surface area (Å²) in [5.74, 6) is 0. The van der Waals surface area contributed by atoms with Crippen LogP contribution < -0.4 is 0 Å². The molecule has 3 aromatic heterocycles. The van der Waals surface area contributed by atoms with E-state index in [9.17, 15) is 0 Å². The first-order valence-corrected chi connectivity index (χ1v) is 22.9. The average Bonchev–Trinajstić information content (AvgIpc) is 4.07. The van der Waals surface area contributed by atoms with Crippen molar-refractivity contribution < 1.29 is 0 Å². The molecule has 3 nitrogen and oxygen atoms in total. The predicted molar refractivity (Wildman–Crippen MR) is 277 cm³/mol. The van der Waals surface area contributed by atoms with Crippen molar-refractivity contribution in [2.45, 2.75) is 12.3 Å². The molecule has 3 heteroatoms. The summed E-state index contributed by atoms with van der Waals surface area (Å²) < 4.78 is 4.89. The quantitative estimate of drug-likeness (QED) is 0.162. The van der Waals surface area contributed by atoms with Crippen LogP contribution in [0.25, 0.3) is 105 Å². The molecule has 1 spiro atoms. The smallest absolute Gasteiger partial charge is 0.0789 e. The van der Waals surface area contributed by atoms with E-state index < -0.39 is 5.41 Å². The van der Waals surface area contributed by atoms with Crippen molar-refractivity contribution in [1.29, 1.82) is 0 Å². The Bertz CT molecular complexity index is 3870. The Kier molecular flexibility index (Phi) is 7.68. The van der Waals surface area contributed by atoms with Crippen molar-refractivity contribution in [1.82, 2.24) is 14.1 Å². The summed E-state index contributed by atoms with van der Waals surface area (Å²) in [7, 11) is 0. The Morgan fingerprint density at radius 2 is 0.909 bits per heavy atom. The minimum Gasteiger partial charge on any atom is -0.309 e. The van der Waals surface area contributed by atoms with Gasteiger partial charge in [-0.05, 0) is 118 Å². The first-order valence-electron chi connectivity index (χ1n) is 22.9. The van der Waals surface area contributed by atoms with Crippen LogP contribution in [0, 0.1) is 0 Å². The lowest BCUT2D eigenvalue weighted by atomic mass is 9.70. The number of hydrogen-bond acceptors (Lipinski definition) is 1. The van der Waals surface area contributed by atoms with Crippen molar-refractivity contribution in [2.75, 3.05) is 0 Å². The fourth-order valence-electron chi connectivity index (χ4n) is 12.1. The van der Waals surface area contributed by atoms with Crippen molar-refractivity contribution in [2.24, 2.45) is 0 Å². The fraction of sp³-hybridized carbons (Fsp3) is 0.0317. The Balaban J connectivity index is 1.14. The van der Waals surface area contributed by atoms with Gasteiger partial charge < -0.3 is 9.13 Å². The van der Waals surface area contributed by atoms with Gasteiger partial charge in [0.15, 0.2) is 0 Å². The van der Waals surface area contributed by atoms with E-state index in [0.717, 1.165) is 38.9 Å². The van der Waals surface area contributed by atoms with Gasteiger partial charge in [-0.2, -0.15) is 0 Å². The molecule has 308 valence electrons. The minimum atomic E-state index is -0.547. The average molecular weight is 840 g/mol. The van der Waals surface area contributed by atoms with Gasteiger partial charge in [0.1, 0.15) is 0 Å². The molecular weight excluding hydrogens is 799 g/mol. The number of allylic oxidation sites excluding steroid dienone is 5. The van der Waals surface area contributed by atoms with Crippen LogP contribution in [0.5, 0.6) is 0 Å². The highest BCUT2D eigenvalue weighted by Gasteiger charge is 2.53. The standard InChI is InChI=1S/C63H41N3/c1-3-19-53-42(4-2)51-37-50-45-22-7-14-29-57(45)64-62(52(50)38-56(51)63(53)54-27-12-5-20-43(54)44-21-6-13-28-55(44)63)39-34-40(65-58-30-15-8-23-46(58)47-24-9-16-31-59(47)65)36-41(35-39)66-60-32-17-10-25-48(60)49-26-11-18-33-61(49)66/h3-38H,1H2,2H3/b42-4-,53-19?. The number of fused-ring (bicyclic) bond motifs is 16. The largest absolute Gasteiger partial charge is 0.309 e. The molecule has 14 rings (SSSR count). The zero-order chi connectivity index (χ0) is 43.7. The van der Waals surface area contributed by atoms with E-state index in [2.05, 4.69) is 235 Å². The molecular formula is C63H41N3. The lowest BCUT2D eigenvalue weighted by Gasteiger charge is -2.31. The third-order valence-corrected chi connectivity index (χ3v) is 14.6. The first-order chi connectivity index (χ1) is 32.7. The number of para-hydroxylation sites is 5. The molecule has 66 heavy (non-hydrogen) atoms. The summed E-state index contributed by atoms with van der Waals surface area (Å²) in [5, 5.41) is 8.36. The van der Waals surface area contributed by atoms with E-state index in [-0.39, 0.29) is 0 Å². The van der Waals surface area contributed by atoms with E-state index in [1.165, 1.54) is 93.5 Å². The summed E-state index contributed by atoms with van der Waals surface area (Å²) in [5.41, 5.74) is 19.4. The molecule has 3 heterocycles. The highest BCUT2D eigenvalue weighted by atomic mass is 15.0. The van der Waals surface area contributed by atoms with Gasteiger partial charge in [-0.3, -0.25) is 0 Å². The number of aromatic nitrogens is 3. The molecule has 2 aliphatic carbocycles. The maximum atomic E-state index is 5.73. The predicted octanol–water partition coefficient (Wildman–Crippen LogP) is 16.1. The van der Waals surface area contributed by atoms with Crippen molar-refractivity contribution in [3.8, 4) is 33.8 Å². The van der Waals surface area contributed by atoms with Crippen LogP contribution in [0.3, 0.4) is 0 Å². The zero-order valence-corrected chi connectivity index (χ0v) is 36.3. The van der Waals surface area contributed by atoms with Gasteiger partial charge in [0.2, 0.25) is 0 Å². The molecule has 2 aliphatic rings. The molecule has 0 saturated heterocycles. The van der Waals surface area contributed by atoms with Crippen molar-refractivity contribution >= 4 is 70.9 Å². The number of rotatable bonds is 4. The van der Waals surface area contributed by atoms with E-state index >= 15 is 0 Å². The van der Waals surface area contributed by atoms with Crippen LogP contribution in [-0.4, -0.2) is 14.1 Å². The SMILES string of the molecule is C=CC=C1/C(=C\C)c2cc3c(cc2C12c1ccccc1-c1ccccc12)c(-c1cc(-n2c4ccccc4c4ccccc42)cc(-n2c4ccccc4c4ccccc42)c1)nc1ccccc13. The van der Waals surface area contributed by atoms with E-state index in [0.29, 0.717) is 0 Å². The molecule has 0 fully saturated rings. The van der Waals surface area contributed by atoms with Crippen molar-refractivity contribution in [3.05, 3.63) is 253 Å². The summed E-state index contributed by atoms with van der Waals surface area (Å²) >= 11 is 0. The number of pyridine rings is 1. The molecule has 0 bridgehead atoms. The summed E-state index contributed by atoms with van der Waals surface area (Å²) in [4.78, 5) is 5.73. The monoisotopic (exact) mass is 839 g/mol. The molecule has 12 aromatic rings. The Hall–Kier alpha value is -8.53. The second kappa shape index (κ2) is 13.7. The lowest BCUT2D eigenvalue weighted by Crippen LogP contribution is -2.26. The third-order valence-electron chi connectivity index (χ3n) is 14.6. The van der Waals surface area contributed by atoms with Crippen LogP contribution in [0.1, 0.15) is 29.2 Å². The van der Waals surface area contributed by atoms with E-state index in [4.69, 9.17) is 4.98 Å². The number of nitrogens with zero attached hydrogens (tertiary/aromatic N) is 3. The highest BCUT2D eigenvalue weighted by molar-refractivity contribution is 6.15. The minimum absolute atomic E-state index is 0.547. The summed E-state index contributed by atoms with van der Waals surface area (Å²) in [6, 6.07) is 73.9. The van der Waals surface area contributed by atoms with Gasteiger partial charge in [-0.1, -0.05) is 164 Å². The molecule has 0 unspecified atom stereocenters. The normalized spacial score (nSPS) is 15.0. The first kappa shape index (κ1) is 36.9. The second-order valence-corrected chi connectivity index (χ2v) is 17.8. The lowest BCUT2D eigenvalue weighted by molar-refractivity contribution is 0.796. The van der Waals surface area contributed by atoms with Gasteiger partial charge in [0, 0.05) is 49.3 Å². The second-order valence-electron chi connectivity index (χ2n) is 17.8. The van der Waals surface area contributed by atoms with Crippen LogP contribution in [0.2, 0.25) is 0 Å². The van der Waals surface area contributed by atoms with Gasteiger partial charge >= 0.3 is 0 Å². The van der Waals surface area contributed by atoms with Gasteiger partial charge in [0.25, 0.3) is 0 Å². The van der Waals surface area contributed by atoms with Crippen LogP contribution in [0.4, 0.5) is 0 Å². The van der Waals surface area contributed by atoms with Crippen LogP contribution >= 0.6 is 0 Å². The molecule has 0 radical (unpaired) electrons. The van der Waals surface area contributed by atoms with E-state index in [1.54, 1.807) is 0 Å². The molecule has 0 amide bonds. The van der Waals surface area contributed by atoms with Crippen LogP contribution in [-0.2, 0) is 5.41 Å². The molecule has 9 aromatic carbocycles. The molecule has 0 N–H and O–H groups in total. The molecule has 0 aliphatic heterocycles. The number of benzene rings is 9. The van der Waals surface area contributed by atoms with Crippen LogP contribution in [0.15, 0.2) is 231 Å². The Labute approximate surface area is 382 Å². The van der Waals surface area contributed by atoms with Gasteiger partial charge in [0.05, 0.1) is 38.7 Å². The third kappa shape index (κ3) is 4.78. The maximum absolute atomic E-state index is 5.73. The highest BCUT2D eigenvalue weighted by Crippen LogP contribution is 2.64. The van der Waals surface area contributed by atoms with Crippen molar-refractivity contribution in [3.63, 3.8) is 0 Å². The Morgan fingerprint density at radius 3 is 1.42 bits per heavy atom. The summed E-state index contributed by atoms with van der Waals surface area (Å²) in [6.07, 6.45) is 6.52. The van der Waals surface area contributed by atoms with E-state index in [1.807, 2.05) is 6.08 Å². The topological polar surface area (TPSA) is 22.8 Å². The summed E-state index contributed by atoms with van der Waals surface area (Å²) in [6.45, 7) is 6.47. The fourth-order valence-corrected chi connectivity index (χ4v) is 12.1. The molecule has 0 atom stereocenters. The zero-order valence-electron chi connectivity index (χ0n) is 36.3.